The molecule has 1 aromatic rings. The maximum absolute atomic E-state index is 11.8. The standard InChI is InChI=1S/C14H19ClN2O3/c1-14(2,3)17-13(19)8-12(18)16-10-7-9(15)5-6-11(10)20-4/h5-7H,8H2,1-4H3,(H,16,18)(H,17,19). The predicted octanol–water partition coefficient (Wildman–Crippen LogP) is 2.59. The van der Waals surface area contributed by atoms with Crippen LogP contribution in [-0.2, 0) is 9.59 Å². The van der Waals surface area contributed by atoms with Gasteiger partial charge in [0.2, 0.25) is 11.8 Å². The minimum absolute atomic E-state index is 0.257. The Bertz CT molecular complexity index is 510. The van der Waals surface area contributed by atoms with E-state index in [0.29, 0.717) is 16.5 Å². The van der Waals surface area contributed by atoms with E-state index in [4.69, 9.17) is 16.3 Å². The second kappa shape index (κ2) is 6.61. The lowest BCUT2D eigenvalue weighted by Gasteiger charge is -2.20. The van der Waals surface area contributed by atoms with Gasteiger partial charge in [0.25, 0.3) is 0 Å². The highest BCUT2D eigenvalue weighted by Gasteiger charge is 2.17. The molecular weight excluding hydrogens is 280 g/mol. The average Bonchev–Trinajstić information content (AvgIpc) is 2.26. The zero-order chi connectivity index (χ0) is 15.3. The molecule has 2 amide bonds. The summed E-state index contributed by atoms with van der Waals surface area (Å²) in [6, 6.07) is 4.87. The number of rotatable bonds is 4. The topological polar surface area (TPSA) is 67.4 Å². The van der Waals surface area contributed by atoms with Crippen molar-refractivity contribution in [3.05, 3.63) is 23.2 Å². The van der Waals surface area contributed by atoms with Crippen LogP contribution in [0, 0.1) is 0 Å². The number of carbonyl (C=O) groups is 2. The van der Waals surface area contributed by atoms with Gasteiger partial charge in [-0.3, -0.25) is 9.59 Å². The molecule has 1 aromatic carbocycles. The maximum Gasteiger partial charge on any atom is 0.233 e. The Morgan fingerprint density at radius 1 is 1.25 bits per heavy atom. The number of hydrogen-bond acceptors (Lipinski definition) is 3. The molecule has 0 aliphatic heterocycles. The highest BCUT2D eigenvalue weighted by Crippen LogP contribution is 2.27. The predicted molar refractivity (Wildman–Crippen MR) is 79.1 cm³/mol. The summed E-state index contributed by atoms with van der Waals surface area (Å²) in [5, 5.41) is 5.80. The van der Waals surface area contributed by atoms with Crippen LogP contribution in [0.25, 0.3) is 0 Å². The molecule has 0 fully saturated rings. The highest BCUT2D eigenvalue weighted by atomic mass is 35.5. The molecule has 6 heteroatoms. The lowest BCUT2D eigenvalue weighted by atomic mass is 10.1. The molecule has 0 atom stereocenters. The van der Waals surface area contributed by atoms with E-state index in [2.05, 4.69) is 10.6 Å². The van der Waals surface area contributed by atoms with E-state index in [1.807, 2.05) is 20.8 Å². The number of nitrogens with one attached hydrogen (secondary N) is 2. The van der Waals surface area contributed by atoms with Crippen LogP contribution >= 0.6 is 11.6 Å². The third kappa shape index (κ3) is 5.48. The molecule has 20 heavy (non-hydrogen) atoms. The summed E-state index contributed by atoms with van der Waals surface area (Å²) in [6.07, 6.45) is -0.257. The van der Waals surface area contributed by atoms with Crippen molar-refractivity contribution in [2.45, 2.75) is 32.7 Å². The van der Waals surface area contributed by atoms with Crippen LogP contribution in [0.2, 0.25) is 5.02 Å². The van der Waals surface area contributed by atoms with Gasteiger partial charge in [0, 0.05) is 10.6 Å². The zero-order valence-corrected chi connectivity index (χ0v) is 12.8. The van der Waals surface area contributed by atoms with Gasteiger partial charge in [0.1, 0.15) is 12.2 Å². The summed E-state index contributed by atoms with van der Waals surface area (Å²) >= 11 is 5.86. The highest BCUT2D eigenvalue weighted by molar-refractivity contribution is 6.31. The molecule has 0 heterocycles. The largest absolute Gasteiger partial charge is 0.495 e. The molecule has 0 spiro atoms. The minimum atomic E-state index is -0.424. The lowest BCUT2D eigenvalue weighted by molar-refractivity contribution is -0.127. The van der Waals surface area contributed by atoms with E-state index in [1.165, 1.54) is 7.11 Å². The Labute approximate surface area is 123 Å². The Hall–Kier alpha value is -1.75. The summed E-state index contributed by atoms with van der Waals surface area (Å²) in [7, 11) is 1.49. The van der Waals surface area contributed by atoms with E-state index in [-0.39, 0.29) is 17.9 Å². The number of hydrogen-bond donors (Lipinski definition) is 2. The number of benzene rings is 1. The van der Waals surface area contributed by atoms with Gasteiger partial charge in [-0.2, -0.15) is 0 Å². The van der Waals surface area contributed by atoms with Crippen LogP contribution in [0.3, 0.4) is 0 Å². The van der Waals surface area contributed by atoms with Gasteiger partial charge in [-0.25, -0.2) is 0 Å². The van der Waals surface area contributed by atoms with E-state index < -0.39 is 5.91 Å². The summed E-state index contributed by atoms with van der Waals surface area (Å²) in [5.74, 6) is -0.276. The molecule has 0 bridgehead atoms. The molecule has 5 nitrogen and oxygen atoms in total. The second-order valence-electron chi connectivity index (χ2n) is 5.37. The smallest absolute Gasteiger partial charge is 0.233 e. The monoisotopic (exact) mass is 298 g/mol. The third-order valence-electron chi connectivity index (χ3n) is 2.27. The minimum Gasteiger partial charge on any atom is -0.495 e. The van der Waals surface area contributed by atoms with Gasteiger partial charge in [-0.15, -0.1) is 0 Å². The second-order valence-corrected chi connectivity index (χ2v) is 5.80. The summed E-state index contributed by atoms with van der Waals surface area (Å²) < 4.78 is 5.11. The fourth-order valence-electron chi connectivity index (χ4n) is 1.58. The first-order valence-electron chi connectivity index (χ1n) is 6.15. The first-order valence-corrected chi connectivity index (χ1v) is 6.53. The summed E-state index contributed by atoms with van der Waals surface area (Å²) in [6.45, 7) is 5.55. The van der Waals surface area contributed by atoms with Gasteiger partial charge >= 0.3 is 0 Å². The summed E-state index contributed by atoms with van der Waals surface area (Å²) in [5.41, 5.74) is 0.0685. The Morgan fingerprint density at radius 2 is 1.90 bits per heavy atom. The fourth-order valence-corrected chi connectivity index (χ4v) is 1.75. The normalized spacial score (nSPS) is 10.8. The van der Waals surface area contributed by atoms with Crippen LogP contribution in [0.15, 0.2) is 18.2 Å². The molecule has 0 aliphatic carbocycles. The molecular formula is C14H19ClN2O3. The SMILES string of the molecule is COc1ccc(Cl)cc1NC(=O)CC(=O)NC(C)(C)C. The van der Waals surface area contributed by atoms with Crippen molar-refractivity contribution in [2.75, 3.05) is 12.4 Å². The van der Waals surface area contributed by atoms with Crippen molar-refractivity contribution < 1.29 is 14.3 Å². The van der Waals surface area contributed by atoms with E-state index in [9.17, 15) is 9.59 Å². The quantitative estimate of drug-likeness (QED) is 0.840. The number of ether oxygens (including phenoxy) is 1. The van der Waals surface area contributed by atoms with Crippen LogP contribution in [0.4, 0.5) is 5.69 Å². The van der Waals surface area contributed by atoms with Crippen molar-refractivity contribution in [3.63, 3.8) is 0 Å². The molecule has 110 valence electrons. The molecule has 0 saturated heterocycles. The number of methoxy groups -OCH3 is 1. The van der Waals surface area contributed by atoms with Crippen molar-refractivity contribution in [2.24, 2.45) is 0 Å². The van der Waals surface area contributed by atoms with Crippen LogP contribution in [0.1, 0.15) is 27.2 Å². The van der Waals surface area contributed by atoms with Crippen molar-refractivity contribution >= 4 is 29.1 Å². The number of halogens is 1. The van der Waals surface area contributed by atoms with Gasteiger partial charge in [0.05, 0.1) is 12.8 Å². The van der Waals surface area contributed by atoms with E-state index in [1.54, 1.807) is 18.2 Å². The third-order valence-corrected chi connectivity index (χ3v) is 2.51. The molecule has 0 aromatic heterocycles. The Kier molecular flexibility index (Phi) is 5.39. The van der Waals surface area contributed by atoms with E-state index >= 15 is 0 Å². The van der Waals surface area contributed by atoms with Crippen LogP contribution in [0.5, 0.6) is 5.75 Å². The van der Waals surface area contributed by atoms with Crippen molar-refractivity contribution in [3.8, 4) is 5.75 Å². The van der Waals surface area contributed by atoms with Gasteiger partial charge in [-0.1, -0.05) is 11.6 Å². The molecule has 0 saturated carbocycles. The number of amides is 2. The van der Waals surface area contributed by atoms with Crippen molar-refractivity contribution in [1.82, 2.24) is 5.32 Å². The average molecular weight is 299 g/mol. The number of carbonyl (C=O) groups excluding carboxylic acids is 2. The Balaban J connectivity index is 2.67. The van der Waals surface area contributed by atoms with Crippen LogP contribution in [-0.4, -0.2) is 24.5 Å². The molecule has 0 unspecified atom stereocenters. The van der Waals surface area contributed by atoms with E-state index in [0.717, 1.165) is 0 Å². The zero-order valence-electron chi connectivity index (χ0n) is 12.0. The maximum atomic E-state index is 11.8. The molecule has 1 rings (SSSR count). The van der Waals surface area contributed by atoms with Crippen LogP contribution < -0.4 is 15.4 Å². The Morgan fingerprint density at radius 3 is 2.45 bits per heavy atom. The first-order chi connectivity index (χ1) is 9.21. The van der Waals surface area contributed by atoms with Gasteiger partial charge < -0.3 is 15.4 Å². The van der Waals surface area contributed by atoms with Gasteiger partial charge in [0.15, 0.2) is 0 Å². The molecule has 0 aliphatic rings. The lowest BCUT2D eigenvalue weighted by Crippen LogP contribution is -2.41. The van der Waals surface area contributed by atoms with Crippen molar-refractivity contribution in [1.29, 1.82) is 0 Å². The number of anilines is 1. The molecule has 2 N–H and O–H groups in total. The fraction of sp³-hybridized carbons (Fsp3) is 0.429. The first kappa shape index (κ1) is 16.3. The summed E-state index contributed by atoms with van der Waals surface area (Å²) in [4.78, 5) is 23.5. The molecule has 0 radical (unpaired) electrons. The van der Waals surface area contributed by atoms with Gasteiger partial charge in [-0.05, 0) is 39.0 Å².